The molecule has 148 valence electrons. The van der Waals surface area contributed by atoms with Gasteiger partial charge in [-0.25, -0.2) is 29.9 Å². The normalized spacial score (nSPS) is 12.2. The van der Waals surface area contributed by atoms with Crippen molar-refractivity contribution in [3.63, 3.8) is 0 Å². The molecule has 0 aliphatic carbocycles. The molecule has 0 saturated carbocycles. The molecule has 0 fully saturated rings. The summed E-state index contributed by atoms with van der Waals surface area (Å²) in [5, 5.41) is 2.89. The summed E-state index contributed by atoms with van der Waals surface area (Å²) < 4.78 is 79.8. The summed E-state index contributed by atoms with van der Waals surface area (Å²) in [4.78, 5) is -0.904. The number of hydrogen-bond donors (Lipinski definition) is 2. The number of rotatable bonds is 7. The molecule has 0 spiro atoms. The third-order valence-electron chi connectivity index (χ3n) is 3.56. The summed E-state index contributed by atoms with van der Waals surface area (Å²) in [5.74, 6) is -2.18. The van der Waals surface area contributed by atoms with Gasteiger partial charge < -0.3 is 5.32 Å². The van der Waals surface area contributed by atoms with Crippen LogP contribution in [0, 0.1) is 11.6 Å². The van der Waals surface area contributed by atoms with Crippen molar-refractivity contribution >= 4 is 31.4 Å². The van der Waals surface area contributed by atoms with Crippen LogP contribution < -0.4 is 10.0 Å². The monoisotopic (exact) mass is 419 g/mol. The van der Waals surface area contributed by atoms with Gasteiger partial charge in [-0.05, 0) is 37.3 Å². The molecule has 7 nitrogen and oxygen atoms in total. The first kappa shape index (κ1) is 21.1. The Kier molecular flexibility index (Phi) is 6.07. The standard InChI is InChI=1S/C16H19F2N3O4S2/c1-4-19-14-7-6-12(27(24,25)21(2)3)10-15(14)20-26(22,23)16-8-5-11(17)9-13(16)18/h5-10,19-20H,4H2,1-3H3. The zero-order valence-electron chi connectivity index (χ0n) is 14.8. The van der Waals surface area contributed by atoms with Crippen molar-refractivity contribution in [1.82, 2.24) is 4.31 Å². The summed E-state index contributed by atoms with van der Waals surface area (Å²) in [6.07, 6.45) is 0. The molecule has 0 aliphatic heterocycles. The Labute approximate surface area is 157 Å². The van der Waals surface area contributed by atoms with Crippen molar-refractivity contribution in [2.45, 2.75) is 16.7 Å². The van der Waals surface area contributed by atoms with E-state index in [0.717, 1.165) is 22.5 Å². The molecule has 0 heterocycles. The highest BCUT2D eigenvalue weighted by Gasteiger charge is 2.23. The summed E-state index contributed by atoms with van der Waals surface area (Å²) in [5.41, 5.74) is 0.227. The van der Waals surface area contributed by atoms with Gasteiger partial charge in [0, 0.05) is 26.7 Å². The Morgan fingerprint density at radius 1 is 0.963 bits per heavy atom. The summed E-state index contributed by atoms with van der Waals surface area (Å²) in [6.45, 7) is 2.20. The Hall–Kier alpha value is -2.24. The molecular formula is C16H19F2N3O4S2. The third kappa shape index (κ3) is 4.54. The van der Waals surface area contributed by atoms with Gasteiger partial charge in [0.2, 0.25) is 10.0 Å². The van der Waals surface area contributed by atoms with Crippen molar-refractivity contribution in [3.05, 3.63) is 48.0 Å². The van der Waals surface area contributed by atoms with Crippen LogP contribution in [0.4, 0.5) is 20.2 Å². The topological polar surface area (TPSA) is 95.6 Å². The summed E-state index contributed by atoms with van der Waals surface area (Å²) in [6, 6.07) is 5.91. The molecule has 0 unspecified atom stereocenters. The molecule has 0 aromatic heterocycles. The Morgan fingerprint density at radius 2 is 1.63 bits per heavy atom. The van der Waals surface area contributed by atoms with Crippen LogP contribution in [0.15, 0.2) is 46.2 Å². The van der Waals surface area contributed by atoms with E-state index >= 15 is 0 Å². The molecule has 0 radical (unpaired) electrons. The van der Waals surface area contributed by atoms with E-state index in [4.69, 9.17) is 0 Å². The third-order valence-corrected chi connectivity index (χ3v) is 6.77. The number of benzene rings is 2. The number of sulfonamides is 2. The quantitative estimate of drug-likeness (QED) is 0.719. The van der Waals surface area contributed by atoms with Gasteiger partial charge in [0.15, 0.2) is 0 Å². The molecule has 0 amide bonds. The first-order valence-electron chi connectivity index (χ1n) is 7.77. The van der Waals surface area contributed by atoms with Crippen LogP contribution in [-0.4, -0.2) is 41.8 Å². The Morgan fingerprint density at radius 3 is 2.19 bits per heavy atom. The molecule has 0 saturated heterocycles. The fraction of sp³-hybridized carbons (Fsp3) is 0.250. The van der Waals surface area contributed by atoms with Crippen LogP contribution in [0.25, 0.3) is 0 Å². The van der Waals surface area contributed by atoms with Gasteiger partial charge in [0.25, 0.3) is 10.0 Å². The van der Waals surface area contributed by atoms with E-state index in [1.54, 1.807) is 6.92 Å². The molecule has 27 heavy (non-hydrogen) atoms. The van der Waals surface area contributed by atoms with Crippen LogP contribution in [0.3, 0.4) is 0 Å². The molecular weight excluding hydrogens is 400 g/mol. The number of halogens is 2. The first-order chi connectivity index (χ1) is 12.5. The minimum Gasteiger partial charge on any atom is -0.384 e. The van der Waals surface area contributed by atoms with Crippen molar-refractivity contribution in [2.75, 3.05) is 30.7 Å². The van der Waals surface area contributed by atoms with Crippen LogP contribution in [-0.2, 0) is 20.0 Å². The van der Waals surface area contributed by atoms with Crippen molar-refractivity contribution in [2.24, 2.45) is 0 Å². The molecule has 0 bridgehead atoms. The average molecular weight is 419 g/mol. The van der Waals surface area contributed by atoms with Gasteiger partial charge in [-0.15, -0.1) is 0 Å². The number of hydrogen-bond acceptors (Lipinski definition) is 5. The molecule has 2 aromatic rings. The fourth-order valence-electron chi connectivity index (χ4n) is 2.22. The Balaban J connectivity index is 2.55. The van der Waals surface area contributed by atoms with E-state index in [0.29, 0.717) is 18.3 Å². The van der Waals surface area contributed by atoms with Crippen LogP contribution in [0.5, 0.6) is 0 Å². The molecule has 0 aliphatic rings. The molecule has 2 rings (SSSR count). The van der Waals surface area contributed by atoms with E-state index in [1.165, 1.54) is 26.2 Å². The SMILES string of the molecule is CCNc1ccc(S(=O)(=O)N(C)C)cc1NS(=O)(=O)c1ccc(F)cc1F. The largest absolute Gasteiger partial charge is 0.384 e. The van der Waals surface area contributed by atoms with Gasteiger partial charge >= 0.3 is 0 Å². The zero-order valence-corrected chi connectivity index (χ0v) is 16.5. The number of nitrogens with zero attached hydrogens (tertiary/aromatic N) is 1. The predicted octanol–water partition coefficient (Wildman–Crippen LogP) is 2.45. The highest BCUT2D eigenvalue weighted by Crippen LogP contribution is 2.29. The highest BCUT2D eigenvalue weighted by atomic mass is 32.2. The Bertz CT molecular complexity index is 1060. The van der Waals surface area contributed by atoms with Crippen LogP contribution in [0.1, 0.15) is 6.92 Å². The molecule has 11 heteroatoms. The van der Waals surface area contributed by atoms with Crippen molar-refractivity contribution < 1.29 is 25.6 Å². The van der Waals surface area contributed by atoms with Crippen molar-refractivity contribution in [3.8, 4) is 0 Å². The van der Waals surface area contributed by atoms with E-state index in [2.05, 4.69) is 10.0 Å². The number of anilines is 2. The molecule has 0 atom stereocenters. The van der Waals surface area contributed by atoms with Gasteiger partial charge in [0.05, 0.1) is 16.3 Å². The van der Waals surface area contributed by atoms with Gasteiger partial charge in [-0.1, -0.05) is 0 Å². The summed E-state index contributed by atoms with van der Waals surface area (Å²) in [7, 11) is -5.57. The van der Waals surface area contributed by atoms with Gasteiger partial charge in [-0.3, -0.25) is 4.72 Å². The minimum atomic E-state index is -4.42. The maximum atomic E-state index is 13.9. The first-order valence-corrected chi connectivity index (χ1v) is 10.7. The minimum absolute atomic E-state index is 0.0801. The lowest BCUT2D eigenvalue weighted by molar-refractivity contribution is 0.520. The van der Waals surface area contributed by atoms with E-state index in [-0.39, 0.29) is 10.6 Å². The second-order valence-corrected chi connectivity index (χ2v) is 9.51. The predicted molar refractivity (Wildman–Crippen MR) is 98.6 cm³/mol. The van der Waals surface area contributed by atoms with E-state index in [9.17, 15) is 25.6 Å². The average Bonchev–Trinajstić information content (AvgIpc) is 2.55. The van der Waals surface area contributed by atoms with E-state index < -0.39 is 36.6 Å². The van der Waals surface area contributed by atoms with Crippen molar-refractivity contribution in [1.29, 1.82) is 0 Å². The van der Waals surface area contributed by atoms with Gasteiger partial charge in [0.1, 0.15) is 16.5 Å². The highest BCUT2D eigenvalue weighted by molar-refractivity contribution is 7.92. The van der Waals surface area contributed by atoms with Gasteiger partial charge in [-0.2, -0.15) is 0 Å². The maximum Gasteiger partial charge on any atom is 0.264 e. The lowest BCUT2D eigenvalue weighted by Crippen LogP contribution is -2.23. The molecule has 2 N–H and O–H groups in total. The van der Waals surface area contributed by atoms with E-state index in [1.807, 2.05) is 0 Å². The lowest BCUT2D eigenvalue weighted by Gasteiger charge is -2.17. The van der Waals surface area contributed by atoms with Crippen LogP contribution in [0.2, 0.25) is 0 Å². The fourth-order valence-corrected chi connectivity index (χ4v) is 4.28. The second-order valence-electron chi connectivity index (χ2n) is 5.71. The molecule has 2 aromatic carbocycles. The zero-order chi connectivity index (χ0) is 20.4. The van der Waals surface area contributed by atoms with Crippen LogP contribution >= 0.6 is 0 Å². The summed E-state index contributed by atoms with van der Waals surface area (Å²) >= 11 is 0. The maximum absolute atomic E-state index is 13.9. The lowest BCUT2D eigenvalue weighted by atomic mass is 10.2. The second kappa shape index (κ2) is 7.79. The smallest absolute Gasteiger partial charge is 0.264 e. The number of nitrogens with one attached hydrogen (secondary N) is 2.